The predicted octanol–water partition coefficient (Wildman–Crippen LogP) is 3.62. The summed E-state index contributed by atoms with van der Waals surface area (Å²) in [5.74, 6) is 0. The van der Waals surface area contributed by atoms with Crippen molar-refractivity contribution in [1.82, 2.24) is 0 Å². The summed E-state index contributed by atoms with van der Waals surface area (Å²) in [6.45, 7) is 0.972. The van der Waals surface area contributed by atoms with Crippen molar-refractivity contribution in [3.05, 3.63) is 23.8 Å². The van der Waals surface area contributed by atoms with E-state index in [1.807, 2.05) is 23.9 Å². The molecule has 0 aliphatic heterocycles. The minimum Gasteiger partial charge on any atom is -0.398 e. The van der Waals surface area contributed by atoms with Crippen LogP contribution >= 0.6 is 11.8 Å². The first-order chi connectivity index (χ1) is 9.19. The monoisotopic (exact) mass is 275 g/mol. The van der Waals surface area contributed by atoms with E-state index in [-0.39, 0.29) is 0 Å². The normalized spacial score (nSPS) is 17.7. The Morgan fingerprint density at radius 3 is 2.68 bits per heavy atom. The van der Waals surface area contributed by atoms with E-state index >= 15 is 0 Å². The molecule has 1 aliphatic rings. The largest absolute Gasteiger partial charge is 0.398 e. The highest BCUT2D eigenvalue weighted by molar-refractivity contribution is 8.00. The summed E-state index contributed by atoms with van der Waals surface area (Å²) in [6.07, 6.45) is 8.81. The molecule has 19 heavy (non-hydrogen) atoms. The fourth-order valence-corrected chi connectivity index (χ4v) is 3.60. The van der Waals surface area contributed by atoms with Gasteiger partial charge in [0.1, 0.15) is 6.07 Å². The molecule has 1 aliphatic carbocycles. The van der Waals surface area contributed by atoms with Gasteiger partial charge >= 0.3 is 0 Å². The second kappa shape index (κ2) is 6.21. The molecular formula is C15H21N3S. The molecule has 0 unspecified atom stereocenters. The summed E-state index contributed by atoms with van der Waals surface area (Å²) in [7, 11) is 0. The van der Waals surface area contributed by atoms with Gasteiger partial charge in [0.05, 0.1) is 11.3 Å². The summed E-state index contributed by atoms with van der Waals surface area (Å²) in [5, 5.41) is 12.4. The van der Waals surface area contributed by atoms with Gasteiger partial charge in [-0.05, 0) is 37.3 Å². The van der Waals surface area contributed by atoms with E-state index in [4.69, 9.17) is 11.0 Å². The Morgan fingerprint density at radius 2 is 2.11 bits per heavy atom. The van der Waals surface area contributed by atoms with Crippen LogP contribution < -0.4 is 11.1 Å². The molecule has 1 saturated carbocycles. The van der Waals surface area contributed by atoms with Gasteiger partial charge in [0.15, 0.2) is 0 Å². The van der Waals surface area contributed by atoms with Gasteiger partial charge in [0.25, 0.3) is 0 Å². The molecule has 4 heteroatoms. The fourth-order valence-electron chi connectivity index (χ4n) is 2.69. The molecule has 102 valence electrons. The highest BCUT2D eigenvalue weighted by Gasteiger charge is 2.30. The third kappa shape index (κ3) is 3.36. The molecule has 0 spiro atoms. The highest BCUT2D eigenvalue weighted by atomic mass is 32.2. The first-order valence-electron chi connectivity index (χ1n) is 6.78. The number of nitrogens with zero attached hydrogens (tertiary/aromatic N) is 1. The lowest BCUT2D eigenvalue weighted by Gasteiger charge is -2.36. The summed E-state index contributed by atoms with van der Waals surface area (Å²) >= 11 is 1.98. The van der Waals surface area contributed by atoms with Crippen molar-refractivity contribution >= 4 is 23.1 Å². The average molecular weight is 275 g/mol. The van der Waals surface area contributed by atoms with Crippen LogP contribution in [-0.4, -0.2) is 17.5 Å². The topological polar surface area (TPSA) is 61.8 Å². The van der Waals surface area contributed by atoms with E-state index in [1.54, 1.807) is 6.07 Å². The molecule has 0 saturated heterocycles. The van der Waals surface area contributed by atoms with Crippen molar-refractivity contribution in [2.24, 2.45) is 0 Å². The fraction of sp³-hybridized carbons (Fsp3) is 0.533. The van der Waals surface area contributed by atoms with Gasteiger partial charge in [0, 0.05) is 17.0 Å². The second-order valence-corrected chi connectivity index (χ2v) is 6.49. The Balaban J connectivity index is 2.01. The third-order valence-electron chi connectivity index (χ3n) is 3.98. The first kappa shape index (κ1) is 14.1. The SMILES string of the molecule is CSC1(CNc2ccc(C#N)c(N)c2)CCCCC1. The number of nitrogens with two attached hydrogens (primary N) is 1. The number of thioether (sulfide) groups is 1. The predicted molar refractivity (Wildman–Crippen MR) is 83.4 cm³/mol. The van der Waals surface area contributed by atoms with E-state index in [2.05, 4.69) is 17.6 Å². The summed E-state index contributed by atoms with van der Waals surface area (Å²) in [4.78, 5) is 0. The number of anilines is 2. The lowest BCUT2D eigenvalue weighted by molar-refractivity contribution is 0.411. The Labute approximate surface area is 119 Å². The number of rotatable bonds is 4. The van der Waals surface area contributed by atoms with Crippen LogP contribution in [0.25, 0.3) is 0 Å². The molecule has 1 aromatic rings. The Hall–Kier alpha value is -1.34. The molecule has 0 bridgehead atoms. The van der Waals surface area contributed by atoms with Crippen LogP contribution in [0, 0.1) is 11.3 Å². The van der Waals surface area contributed by atoms with Crippen molar-refractivity contribution in [3.8, 4) is 6.07 Å². The van der Waals surface area contributed by atoms with Crippen molar-refractivity contribution in [2.45, 2.75) is 36.9 Å². The quantitative estimate of drug-likeness (QED) is 0.824. The molecule has 0 heterocycles. The molecule has 2 rings (SSSR count). The summed E-state index contributed by atoms with van der Waals surface area (Å²) in [6, 6.07) is 7.66. The van der Waals surface area contributed by atoms with Crippen LogP contribution in [0.15, 0.2) is 18.2 Å². The van der Waals surface area contributed by atoms with Gasteiger partial charge in [-0.25, -0.2) is 0 Å². The molecule has 0 aromatic heterocycles. The third-order valence-corrected chi connectivity index (χ3v) is 5.40. The molecule has 1 aromatic carbocycles. The van der Waals surface area contributed by atoms with Gasteiger partial charge in [0.2, 0.25) is 0 Å². The van der Waals surface area contributed by atoms with Crippen LogP contribution in [0.4, 0.5) is 11.4 Å². The van der Waals surface area contributed by atoms with Gasteiger partial charge in [-0.3, -0.25) is 0 Å². The molecule has 3 nitrogen and oxygen atoms in total. The van der Waals surface area contributed by atoms with Crippen molar-refractivity contribution in [1.29, 1.82) is 5.26 Å². The number of nitrogen functional groups attached to an aromatic ring is 1. The van der Waals surface area contributed by atoms with Gasteiger partial charge < -0.3 is 11.1 Å². The number of nitrogens with one attached hydrogen (secondary N) is 1. The Morgan fingerprint density at radius 1 is 1.37 bits per heavy atom. The first-order valence-corrected chi connectivity index (χ1v) is 8.00. The molecule has 0 radical (unpaired) electrons. The van der Waals surface area contributed by atoms with E-state index in [1.165, 1.54) is 32.1 Å². The maximum absolute atomic E-state index is 8.87. The standard InChI is InChI=1S/C15H21N3S/c1-19-15(7-3-2-4-8-15)11-18-13-6-5-12(10-16)14(17)9-13/h5-6,9,18H,2-4,7-8,11,17H2,1H3. The average Bonchev–Trinajstić information content (AvgIpc) is 2.46. The van der Waals surface area contributed by atoms with Crippen LogP contribution in [0.2, 0.25) is 0 Å². The van der Waals surface area contributed by atoms with E-state index in [9.17, 15) is 0 Å². The maximum atomic E-state index is 8.87. The van der Waals surface area contributed by atoms with Gasteiger partial charge in [-0.1, -0.05) is 19.3 Å². The van der Waals surface area contributed by atoms with E-state index < -0.39 is 0 Å². The van der Waals surface area contributed by atoms with Gasteiger partial charge in [-0.2, -0.15) is 17.0 Å². The number of hydrogen-bond donors (Lipinski definition) is 2. The molecule has 3 N–H and O–H groups in total. The van der Waals surface area contributed by atoms with Crippen LogP contribution in [0.5, 0.6) is 0 Å². The maximum Gasteiger partial charge on any atom is 0.101 e. The van der Waals surface area contributed by atoms with E-state index in [0.29, 0.717) is 16.0 Å². The molecule has 0 amide bonds. The molecule has 0 atom stereocenters. The van der Waals surface area contributed by atoms with E-state index in [0.717, 1.165) is 12.2 Å². The molecule has 1 fully saturated rings. The van der Waals surface area contributed by atoms with Crippen molar-refractivity contribution in [2.75, 3.05) is 23.9 Å². The number of nitriles is 1. The Kier molecular flexibility index (Phi) is 4.60. The van der Waals surface area contributed by atoms with Crippen LogP contribution in [0.3, 0.4) is 0 Å². The highest BCUT2D eigenvalue weighted by Crippen LogP contribution is 2.38. The zero-order chi connectivity index (χ0) is 13.7. The Bertz CT molecular complexity index is 473. The summed E-state index contributed by atoms with van der Waals surface area (Å²) in [5.41, 5.74) is 7.94. The lowest BCUT2D eigenvalue weighted by atomic mass is 9.88. The zero-order valence-corrected chi connectivity index (χ0v) is 12.2. The second-order valence-electron chi connectivity index (χ2n) is 5.22. The lowest BCUT2D eigenvalue weighted by Crippen LogP contribution is -2.35. The smallest absolute Gasteiger partial charge is 0.101 e. The van der Waals surface area contributed by atoms with Crippen LogP contribution in [0.1, 0.15) is 37.7 Å². The minimum absolute atomic E-state index is 0.362. The van der Waals surface area contributed by atoms with Crippen LogP contribution in [-0.2, 0) is 0 Å². The zero-order valence-electron chi connectivity index (χ0n) is 11.4. The minimum atomic E-state index is 0.362. The molecular weight excluding hydrogens is 254 g/mol. The number of hydrogen-bond acceptors (Lipinski definition) is 4. The summed E-state index contributed by atoms with van der Waals surface area (Å²) < 4.78 is 0.362. The van der Waals surface area contributed by atoms with Crippen molar-refractivity contribution in [3.63, 3.8) is 0 Å². The van der Waals surface area contributed by atoms with Crippen molar-refractivity contribution < 1.29 is 0 Å². The number of benzene rings is 1. The van der Waals surface area contributed by atoms with Gasteiger partial charge in [-0.15, -0.1) is 0 Å².